The second kappa shape index (κ2) is 6.00. The average molecular weight is 256 g/mol. The maximum atomic E-state index is 12.0. The number of nitrogens with zero attached hydrogens (tertiary/aromatic N) is 2. The molecule has 0 radical (unpaired) electrons. The van der Waals surface area contributed by atoms with Gasteiger partial charge in [-0.05, 0) is 35.4 Å². The van der Waals surface area contributed by atoms with Crippen LogP contribution in [0.3, 0.4) is 0 Å². The Balaban J connectivity index is 1.94. The first-order valence-corrected chi connectivity index (χ1v) is 6.06. The molecule has 0 saturated carbocycles. The number of aromatic nitrogens is 1. The smallest absolute Gasteiger partial charge is 0.227 e. The van der Waals surface area contributed by atoms with Crippen LogP contribution in [0.15, 0.2) is 48.8 Å². The summed E-state index contributed by atoms with van der Waals surface area (Å²) in [4.78, 5) is 17.6. The highest BCUT2D eigenvalue weighted by Gasteiger charge is 2.10. The molecule has 0 fully saturated rings. The van der Waals surface area contributed by atoms with Crippen molar-refractivity contribution < 1.29 is 9.90 Å². The van der Waals surface area contributed by atoms with E-state index >= 15 is 0 Å². The minimum absolute atomic E-state index is 0.0549. The van der Waals surface area contributed by atoms with Crippen molar-refractivity contribution in [1.82, 2.24) is 9.88 Å². The van der Waals surface area contributed by atoms with E-state index in [0.717, 1.165) is 11.1 Å². The second-order valence-electron chi connectivity index (χ2n) is 4.45. The van der Waals surface area contributed by atoms with Crippen LogP contribution < -0.4 is 0 Å². The Labute approximate surface area is 112 Å². The number of phenols is 1. The van der Waals surface area contributed by atoms with Crippen molar-refractivity contribution in [2.24, 2.45) is 0 Å². The van der Waals surface area contributed by atoms with Crippen LogP contribution in [0.1, 0.15) is 11.1 Å². The average Bonchev–Trinajstić information content (AvgIpc) is 2.42. The van der Waals surface area contributed by atoms with Crippen LogP contribution in [0.25, 0.3) is 0 Å². The Hall–Kier alpha value is -2.36. The highest BCUT2D eigenvalue weighted by Crippen LogP contribution is 2.11. The molecule has 98 valence electrons. The van der Waals surface area contributed by atoms with Crippen LogP contribution >= 0.6 is 0 Å². The van der Waals surface area contributed by atoms with Crippen molar-refractivity contribution in [3.05, 3.63) is 59.9 Å². The molecule has 1 aromatic carbocycles. The van der Waals surface area contributed by atoms with Gasteiger partial charge in [-0.15, -0.1) is 0 Å². The molecule has 1 amide bonds. The largest absolute Gasteiger partial charge is 0.508 e. The van der Waals surface area contributed by atoms with E-state index in [4.69, 9.17) is 0 Å². The molecule has 4 nitrogen and oxygen atoms in total. The van der Waals surface area contributed by atoms with Crippen molar-refractivity contribution >= 4 is 5.91 Å². The Morgan fingerprint density at radius 2 is 1.74 bits per heavy atom. The first-order chi connectivity index (χ1) is 9.15. The molecule has 1 N–H and O–H groups in total. The normalized spacial score (nSPS) is 10.2. The third-order valence-electron chi connectivity index (χ3n) is 2.89. The summed E-state index contributed by atoms with van der Waals surface area (Å²) in [5.74, 6) is 0.286. The quantitative estimate of drug-likeness (QED) is 0.910. The fraction of sp³-hybridized carbons (Fsp3) is 0.200. The molecule has 0 spiro atoms. The molecular formula is C15H16N2O2. The minimum Gasteiger partial charge on any atom is -0.508 e. The van der Waals surface area contributed by atoms with Crippen molar-refractivity contribution in [3.63, 3.8) is 0 Å². The van der Waals surface area contributed by atoms with Gasteiger partial charge in [0.1, 0.15) is 5.75 Å². The number of benzene rings is 1. The standard InChI is InChI=1S/C15H16N2O2/c1-17(11-13-2-4-14(18)5-3-13)15(19)10-12-6-8-16-9-7-12/h2-9,18H,10-11H2,1H3. The number of aromatic hydroxyl groups is 1. The lowest BCUT2D eigenvalue weighted by Gasteiger charge is -2.17. The summed E-state index contributed by atoms with van der Waals surface area (Å²) in [7, 11) is 1.77. The zero-order chi connectivity index (χ0) is 13.7. The van der Waals surface area contributed by atoms with Crippen molar-refractivity contribution in [2.75, 3.05) is 7.05 Å². The van der Waals surface area contributed by atoms with Crippen molar-refractivity contribution in [1.29, 1.82) is 0 Å². The lowest BCUT2D eigenvalue weighted by molar-refractivity contribution is -0.129. The molecule has 1 heterocycles. The molecule has 0 atom stereocenters. The van der Waals surface area contributed by atoms with Crippen LogP contribution in [0.5, 0.6) is 5.75 Å². The molecule has 0 saturated heterocycles. The first kappa shape index (κ1) is 13.1. The van der Waals surface area contributed by atoms with E-state index in [-0.39, 0.29) is 11.7 Å². The van der Waals surface area contributed by atoms with Crippen LogP contribution in [0.4, 0.5) is 0 Å². The molecule has 0 unspecified atom stereocenters. The molecule has 0 bridgehead atoms. The first-order valence-electron chi connectivity index (χ1n) is 6.06. The van der Waals surface area contributed by atoms with Gasteiger partial charge >= 0.3 is 0 Å². The van der Waals surface area contributed by atoms with Crippen molar-refractivity contribution in [2.45, 2.75) is 13.0 Å². The fourth-order valence-electron chi connectivity index (χ4n) is 1.77. The number of carbonyl (C=O) groups excluding carboxylic acids is 1. The second-order valence-corrected chi connectivity index (χ2v) is 4.45. The van der Waals surface area contributed by atoms with E-state index in [9.17, 15) is 9.90 Å². The Morgan fingerprint density at radius 1 is 1.11 bits per heavy atom. The fourth-order valence-corrected chi connectivity index (χ4v) is 1.77. The van der Waals surface area contributed by atoms with Gasteiger partial charge in [-0.3, -0.25) is 9.78 Å². The van der Waals surface area contributed by atoms with Gasteiger partial charge in [0.2, 0.25) is 5.91 Å². The molecule has 2 rings (SSSR count). The van der Waals surface area contributed by atoms with Crippen LogP contribution in [-0.4, -0.2) is 27.9 Å². The number of pyridine rings is 1. The highest BCUT2D eigenvalue weighted by molar-refractivity contribution is 5.78. The van der Waals surface area contributed by atoms with Gasteiger partial charge < -0.3 is 10.0 Å². The predicted molar refractivity (Wildman–Crippen MR) is 72.5 cm³/mol. The zero-order valence-electron chi connectivity index (χ0n) is 10.8. The monoisotopic (exact) mass is 256 g/mol. The highest BCUT2D eigenvalue weighted by atomic mass is 16.3. The number of likely N-dealkylation sites (N-methyl/N-ethyl adjacent to an activating group) is 1. The van der Waals surface area contributed by atoms with E-state index < -0.39 is 0 Å². The van der Waals surface area contributed by atoms with E-state index in [1.165, 1.54) is 0 Å². The lowest BCUT2D eigenvalue weighted by atomic mass is 10.1. The maximum absolute atomic E-state index is 12.0. The van der Waals surface area contributed by atoms with Gasteiger partial charge in [-0.2, -0.15) is 0 Å². The summed E-state index contributed by atoms with van der Waals surface area (Å²) >= 11 is 0. The number of rotatable bonds is 4. The van der Waals surface area contributed by atoms with Crippen molar-refractivity contribution in [3.8, 4) is 5.75 Å². The SMILES string of the molecule is CN(Cc1ccc(O)cc1)C(=O)Cc1ccncc1. The summed E-state index contributed by atoms with van der Waals surface area (Å²) in [6.45, 7) is 0.532. The third kappa shape index (κ3) is 3.81. The molecule has 1 aromatic heterocycles. The Kier molecular flexibility index (Phi) is 4.13. The van der Waals surface area contributed by atoms with E-state index in [1.54, 1.807) is 36.5 Å². The molecule has 4 heteroatoms. The Morgan fingerprint density at radius 3 is 2.37 bits per heavy atom. The summed E-state index contributed by atoms with van der Waals surface area (Å²) in [6, 6.07) is 10.5. The maximum Gasteiger partial charge on any atom is 0.227 e. The van der Waals surface area contributed by atoms with Gasteiger partial charge in [0.05, 0.1) is 6.42 Å². The molecule has 2 aromatic rings. The van der Waals surface area contributed by atoms with Crippen LogP contribution in [0, 0.1) is 0 Å². The van der Waals surface area contributed by atoms with E-state index in [1.807, 2.05) is 24.3 Å². The Bertz CT molecular complexity index is 538. The van der Waals surface area contributed by atoms with Gasteiger partial charge in [0, 0.05) is 26.0 Å². The van der Waals surface area contributed by atoms with E-state index in [2.05, 4.69) is 4.98 Å². The summed E-state index contributed by atoms with van der Waals surface area (Å²) in [6.07, 6.45) is 3.74. The van der Waals surface area contributed by atoms with E-state index in [0.29, 0.717) is 13.0 Å². The predicted octanol–water partition coefficient (Wildman–Crippen LogP) is 1.99. The van der Waals surface area contributed by atoms with Gasteiger partial charge in [-0.1, -0.05) is 12.1 Å². The van der Waals surface area contributed by atoms with Gasteiger partial charge in [0.15, 0.2) is 0 Å². The third-order valence-corrected chi connectivity index (χ3v) is 2.89. The molecule has 19 heavy (non-hydrogen) atoms. The summed E-state index contributed by atoms with van der Waals surface area (Å²) in [5.41, 5.74) is 1.95. The number of hydrogen-bond donors (Lipinski definition) is 1. The number of carbonyl (C=O) groups is 1. The molecule has 0 aliphatic heterocycles. The summed E-state index contributed by atoms with van der Waals surface area (Å²) < 4.78 is 0. The number of amides is 1. The van der Waals surface area contributed by atoms with Crippen LogP contribution in [0.2, 0.25) is 0 Å². The number of hydrogen-bond acceptors (Lipinski definition) is 3. The van der Waals surface area contributed by atoms with Crippen LogP contribution in [-0.2, 0) is 17.8 Å². The van der Waals surface area contributed by atoms with Gasteiger partial charge in [0.25, 0.3) is 0 Å². The van der Waals surface area contributed by atoms with Gasteiger partial charge in [-0.25, -0.2) is 0 Å². The zero-order valence-corrected chi connectivity index (χ0v) is 10.8. The lowest BCUT2D eigenvalue weighted by Crippen LogP contribution is -2.27. The topological polar surface area (TPSA) is 53.4 Å². The number of phenolic OH excluding ortho intramolecular Hbond substituents is 1. The minimum atomic E-state index is 0.0549. The molecular weight excluding hydrogens is 240 g/mol. The summed E-state index contributed by atoms with van der Waals surface area (Å²) in [5, 5.41) is 9.21. The molecule has 0 aliphatic carbocycles. The molecule has 0 aliphatic rings.